The summed E-state index contributed by atoms with van der Waals surface area (Å²) in [5.41, 5.74) is 2.18. The van der Waals surface area contributed by atoms with Gasteiger partial charge < -0.3 is 10.6 Å². The summed E-state index contributed by atoms with van der Waals surface area (Å²) in [6.45, 7) is 1.97. The van der Waals surface area contributed by atoms with Crippen LogP contribution in [0.4, 0.5) is 16.6 Å². The predicted octanol–water partition coefficient (Wildman–Crippen LogP) is 2.42. The molecule has 2 heterocycles. The molecule has 0 spiro atoms. The Labute approximate surface area is 160 Å². The minimum atomic E-state index is -3.76. The molecule has 0 atom stereocenters. The molecule has 0 unspecified atom stereocenters. The van der Waals surface area contributed by atoms with E-state index in [1.54, 1.807) is 11.6 Å². The maximum absolute atomic E-state index is 12.2. The lowest BCUT2D eigenvalue weighted by atomic mass is 10.3. The van der Waals surface area contributed by atoms with Crippen LogP contribution >= 0.6 is 11.3 Å². The first-order chi connectivity index (χ1) is 12.8. The largest absolute Gasteiger partial charge is 0.326 e. The number of nitrogens with two attached hydrogens (primary N) is 1. The topological polar surface area (TPSA) is 127 Å². The average molecular weight is 403 g/mol. The monoisotopic (exact) mass is 403 g/mol. The van der Waals surface area contributed by atoms with Crippen molar-refractivity contribution in [3.05, 3.63) is 59.2 Å². The van der Waals surface area contributed by atoms with Gasteiger partial charge in [-0.1, -0.05) is 0 Å². The minimum Gasteiger partial charge on any atom is -0.326 e. The average Bonchev–Trinajstić information content (AvgIpc) is 3.01. The summed E-state index contributed by atoms with van der Waals surface area (Å²) in [5.74, 6) is 0.430. The third-order valence-electron chi connectivity index (χ3n) is 3.51. The molecule has 27 heavy (non-hydrogen) atoms. The van der Waals surface area contributed by atoms with E-state index in [1.165, 1.54) is 35.6 Å². The molecular formula is C17H17N5O3S2. The lowest BCUT2D eigenvalue weighted by molar-refractivity contribution is -0.115. The van der Waals surface area contributed by atoms with Crippen LogP contribution in [0.25, 0.3) is 0 Å². The highest BCUT2D eigenvalue weighted by atomic mass is 32.2. The zero-order valence-corrected chi connectivity index (χ0v) is 16.0. The Morgan fingerprint density at radius 1 is 1.22 bits per heavy atom. The number of rotatable bonds is 6. The van der Waals surface area contributed by atoms with Crippen LogP contribution < -0.4 is 15.8 Å². The van der Waals surface area contributed by atoms with Gasteiger partial charge in [-0.3, -0.25) is 4.79 Å². The molecule has 140 valence electrons. The number of hydrogen-bond donors (Lipinski definition) is 3. The fourth-order valence-corrected chi connectivity index (χ4v) is 3.49. The summed E-state index contributed by atoms with van der Waals surface area (Å²) in [5, 5.41) is 13.3. The fourth-order valence-electron chi connectivity index (χ4n) is 2.26. The maximum atomic E-state index is 12.2. The molecule has 2 aromatic heterocycles. The van der Waals surface area contributed by atoms with Gasteiger partial charge in [0.1, 0.15) is 5.82 Å². The molecule has 0 fully saturated rings. The molecule has 0 aliphatic heterocycles. The van der Waals surface area contributed by atoms with Gasteiger partial charge in [-0.2, -0.15) is 0 Å². The molecule has 0 aliphatic carbocycles. The van der Waals surface area contributed by atoms with Gasteiger partial charge in [0.05, 0.1) is 17.0 Å². The zero-order chi connectivity index (χ0) is 19.4. The van der Waals surface area contributed by atoms with Crippen molar-refractivity contribution in [3.8, 4) is 0 Å². The van der Waals surface area contributed by atoms with E-state index < -0.39 is 10.0 Å². The van der Waals surface area contributed by atoms with Crippen LogP contribution in [-0.2, 0) is 21.2 Å². The number of carbonyl (C=O) groups excluding carboxylic acids is 1. The third kappa shape index (κ3) is 5.33. The molecule has 0 radical (unpaired) electrons. The predicted molar refractivity (Wildman–Crippen MR) is 105 cm³/mol. The maximum Gasteiger partial charge on any atom is 0.238 e. The zero-order valence-electron chi connectivity index (χ0n) is 14.3. The number of benzene rings is 1. The van der Waals surface area contributed by atoms with E-state index in [2.05, 4.69) is 20.6 Å². The molecule has 4 N–H and O–H groups in total. The van der Waals surface area contributed by atoms with Gasteiger partial charge in [0.2, 0.25) is 15.9 Å². The highest BCUT2D eigenvalue weighted by Crippen LogP contribution is 2.21. The number of aromatic nitrogens is 2. The number of anilines is 3. The Kier molecular flexibility index (Phi) is 5.49. The Hall–Kier alpha value is -2.82. The molecule has 10 heteroatoms. The number of aryl methyl sites for hydroxylation is 1. The van der Waals surface area contributed by atoms with Gasteiger partial charge in [-0.15, -0.1) is 11.3 Å². The van der Waals surface area contributed by atoms with Gasteiger partial charge in [0.15, 0.2) is 5.13 Å². The van der Waals surface area contributed by atoms with Crippen LogP contribution in [0.3, 0.4) is 0 Å². The van der Waals surface area contributed by atoms with Gasteiger partial charge >= 0.3 is 0 Å². The summed E-state index contributed by atoms with van der Waals surface area (Å²) >= 11 is 1.38. The SMILES string of the molecule is Cc1ccnc(Nc2nc(CC(=O)Nc3ccc(S(N)(=O)=O)cc3)cs2)c1. The van der Waals surface area contributed by atoms with E-state index in [-0.39, 0.29) is 17.2 Å². The lowest BCUT2D eigenvalue weighted by Crippen LogP contribution is -2.15. The van der Waals surface area contributed by atoms with Crippen LogP contribution in [-0.4, -0.2) is 24.3 Å². The summed E-state index contributed by atoms with van der Waals surface area (Å²) in [6.07, 6.45) is 1.80. The molecule has 0 bridgehead atoms. The standard InChI is InChI=1S/C17H17N5O3S2/c1-11-6-7-19-15(8-11)22-17-21-13(10-26-17)9-16(23)20-12-2-4-14(5-3-12)27(18,24)25/h2-8,10H,9H2,1H3,(H,20,23)(H2,18,24,25)(H,19,21,22). The first-order valence-electron chi connectivity index (χ1n) is 7.86. The van der Waals surface area contributed by atoms with Crippen molar-refractivity contribution in [3.63, 3.8) is 0 Å². The molecule has 8 nitrogen and oxygen atoms in total. The van der Waals surface area contributed by atoms with Crippen molar-refractivity contribution in [1.29, 1.82) is 0 Å². The van der Waals surface area contributed by atoms with Gasteiger partial charge in [-0.05, 0) is 48.9 Å². The van der Waals surface area contributed by atoms with Gasteiger partial charge in [0, 0.05) is 17.3 Å². The summed E-state index contributed by atoms with van der Waals surface area (Å²) < 4.78 is 22.5. The highest BCUT2D eigenvalue weighted by Gasteiger charge is 2.11. The van der Waals surface area contributed by atoms with Gasteiger partial charge in [0.25, 0.3) is 0 Å². The molecule has 0 saturated heterocycles. The van der Waals surface area contributed by atoms with Crippen LogP contribution in [0.2, 0.25) is 0 Å². The normalized spacial score (nSPS) is 11.2. The van der Waals surface area contributed by atoms with Crippen molar-refractivity contribution in [1.82, 2.24) is 9.97 Å². The number of hydrogen-bond acceptors (Lipinski definition) is 7. The smallest absolute Gasteiger partial charge is 0.238 e. The molecule has 0 aliphatic rings. The second-order valence-corrected chi connectivity index (χ2v) is 8.20. The third-order valence-corrected chi connectivity index (χ3v) is 5.25. The quantitative estimate of drug-likeness (QED) is 0.580. The number of nitrogens with zero attached hydrogens (tertiary/aromatic N) is 2. The number of sulfonamides is 1. The Morgan fingerprint density at radius 2 is 1.96 bits per heavy atom. The van der Waals surface area contributed by atoms with Crippen molar-refractivity contribution in [2.24, 2.45) is 5.14 Å². The Balaban J connectivity index is 1.59. The molecule has 3 rings (SSSR count). The Bertz CT molecular complexity index is 1060. The lowest BCUT2D eigenvalue weighted by Gasteiger charge is -2.05. The number of thiazole rings is 1. The first-order valence-corrected chi connectivity index (χ1v) is 10.3. The van der Waals surface area contributed by atoms with Crippen molar-refractivity contribution in [2.45, 2.75) is 18.2 Å². The van der Waals surface area contributed by atoms with E-state index in [1.807, 2.05) is 19.1 Å². The van der Waals surface area contributed by atoms with Crippen LogP contribution in [0.1, 0.15) is 11.3 Å². The van der Waals surface area contributed by atoms with Crippen molar-refractivity contribution >= 4 is 43.9 Å². The fraction of sp³-hybridized carbons (Fsp3) is 0.118. The summed E-state index contributed by atoms with van der Waals surface area (Å²) in [4.78, 5) is 20.7. The molecule has 1 aromatic carbocycles. The summed E-state index contributed by atoms with van der Waals surface area (Å²) in [6, 6.07) is 9.44. The van der Waals surface area contributed by atoms with E-state index in [9.17, 15) is 13.2 Å². The number of carbonyl (C=O) groups is 1. The molecule has 0 saturated carbocycles. The van der Waals surface area contributed by atoms with E-state index in [4.69, 9.17) is 5.14 Å². The van der Waals surface area contributed by atoms with E-state index in [0.717, 1.165) is 5.56 Å². The number of amides is 1. The van der Waals surface area contributed by atoms with E-state index >= 15 is 0 Å². The second-order valence-electron chi connectivity index (χ2n) is 5.78. The van der Waals surface area contributed by atoms with Crippen LogP contribution in [0, 0.1) is 6.92 Å². The highest BCUT2D eigenvalue weighted by molar-refractivity contribution is 7.89. The minimum absolute atomic E-state index is 0.0134. The first kappa shape index (κ1) is 19.0. The van der Waals surface area contributed by atoms with Gasteiger partial charge in [-0.25, -0.2) is 23.5 Å². The van der Waals surface area contributed by atoms with Crippen LogP contribution in [0.15, 0.2) is 52.9 Å². The molecular weight excluding hydrogens is 386 g/mol. The van der Waals surface area contributed by atoms with Crippen molar-refractivity contribution < 1.29 is 13.2 Å². The second kappa shape index (κ2) is 7.82. The van der Waals surface area contributed by atoms with Crippen molar-refractivity contribution in [2.75, 3.05) is 10.6 Å². The summed E-state index contributed by atoms with van der Waals surface area (Å²) in [7, 11) is -3.76. The van der Waals surface area contributed by atoms with E-state index in [0.29, 0.717) is 22.3 Å². The number of pyridine rings is 1. The number of nitrogens with one attached hydrogen (secondary N) is 2. The molecule has 1 amide bonds. The molecule has 3 aromatic rings. The number of primary sulfonamides is 1. The van der Waals surface area contributed by atoms with Crippen LogP contribution in [0.5, 0.6) is 0 Å². The Morgan fingerprint density at radius 3 is 2.63 bits per heavy atom.